The zero-order valence-electron chi connectivity index (χ0n) is 11.5. The number of halogens is 1. The molecule has 0 bridgehead atoms. The molecule has 0 radical (unpaired) electrons. The summed E-state index contributed by atoms with van der Waals surface area (Å²) in [6, 6.07) is 5.09. The first-order valence-electron chi connectivity index (χ1n) is 6.77. The summed E-state index contributed by atoms with van der Waals surface area (Å²) in [5.41, 5.74) is 7.52. The van der Waals surface area contributed by atoms with Gasteiger partial charge in [-0.1, -0.05) is 0 Å². The summed E-state index contributed by atoms with van der Waals surface area (Å²) in [6.07, 6.45) is 2.68. The number of methoxy groups -OCH3 is 1. The largest absolute Gasteiger partial charge is 0.398 e. The van der Waals surface area contributed by atoms with Crippen LogP contribution in [0.4, 0.5) is 15.8 Å². The van der Waals surface area contributed by atoms with Crippen LogP contribution in [0.15, 0.2) is 24.4 Å². The fourth-order valence-corrected chi connectivity index (χ4v) is 2.93. The summed E-state index contributed by atoms with van der Waals surface area (Å²) in [5, 5.41) is 0.805. The van der Waals surface area contributed by atoms with Crippen LogP contribution in [0.2, 0.25) is 0 Å². The number of fused-ring (bicyclic) bond motifs is 1. The van der Waals surface area contributed by atoms with Crippen LogP contribution in [0.5, 0.6) is 0 Å². The van der Waals surface area contributed by atoms with Crippen molar-refractivity contribution in [3.63, 3.8) is 0 Å². The number of aromatic nitrogens is 1. The highest BCUT2D eigenvalue weighted by Gasteiger charge is 2.26. The molecule has 1 aliphatic rings. The van der Waals surface area contributed by atoms with Crippen molar-refractivity contribution in [2.45, 2.75) is 6.42 Å². The number of benzene rings is 1. The molecular formula is C15H18FN3O. The monoisotopic (exact) mass is 275 g/mol. The van der Waals surface area contributed by atoms with Crippen LogP contribution in [0, 0.1) is 11.7 Å². The number of rotatable bonds is 3. The zero-order chi connectivity index (χ0) is 14.1. The molecule has 106 valence electrons. The second-order valence-electron chi connectivity index (χ2n) is 5.25. The van der Waals surface area contributed by atoms with Gasteiger partial charge in [0.05, 0.1) is 17.8 Å². The maximum Gasteiger partial charge on any atom is 0.150 e. The maximum absolute atomic E-state index is 14.4. The van der Waals surface area contributed by atoms with Gasteiger partial charge in [0.15, 0.2) is 5.82 Å². The van der Waals surface area contributed by atoms with Gasteiger partial charge in [0.25, 0.3) is 0 Å². The van der Waals surface area contributed by atoms with Gasteiger partial charge < -0.3 is 15.4 Å². The maximum atomic E-state index is 14.4. The molecule has 1 atom stereocenters. The summed E-state index contributed by atoms with van der Waals surface area (Å²) in [7, 11) is 1.70. The van der Waals surface area contributed by atoms with Gasteiger partial charge in [-0.25, -0.2) is 4.39 Å². The molecule has 4 nitrogen and oxygen atoms in total. The lowest BCUT2D eigenvalue weighted by molar-refractivity contribution is 0.161. The number of pyridine rings is 1. The molecule has 3 rings (SSSR count). The Morgan fingerprint density at radius 1 is 1.55 bits per heavy atom. The standard InChI is InChI=1S/C15H18FN3O/c1-20-9-10-4-6-19(8-10)15-12(16)7-13(17)11-3-2-5-18-14(11)15/h2-3,5,7,10H,4,6,8-9,17H2,1H3. The summed E-state index contributed by atoms with van der Waals surface area (Å²) in [4.78, 5) is 6.37. The molecule has 1 aromatic carbocycles. The SMILES string of the molecule is COCC1CCN(c2c(F)cc(N)c3cccnc23)C1. The van der Waals surface area contributed by atoms with Crippen LogP contribution in [-0.4, -0.2) is 31.8 Å². The van der Waals surface area contributed by atoms with Crippen molar-refractivity contribution in [2.24, 2.45) is 5.92 Å². The van der Waals surface area contributed by atoms with Crippen molar-refractivity contribution in [3.8, 4) is 0 Å². The van der Waals surface area contributed by atoms with E-state index < -0.39 is 0 Å². The highest BCUT2D eigenvalue weighted by Crippen LogP contribution is 2.35. The minimum Gasteiger partial charge on any atom is -0.398 e. The molecule has 1 unspecified atom stereocenters. The zero-order valence-corrected chi connectivity index (χ0v) is 11.5. The average molecular weight is 275 g/mol. The van der Waals surface area contributed by atoms with E-state index in [0.717, 1.165) is 24.9 Å². The molecule has 0 amide bonds. The van der Waals surface area contributed by atoms with Crippen LogP contribution in [-0.2, 0) is 4.74 Å². The third kappa shape index (κ3) is 2.18. The second kappa shape index (κ2) is 5.25. The summed E-state index contributed by atoms with van der Waals surface area (Å²) in [6.45, 7) is 2.32. The minimum atomic E-state index is -0.299. The predicted molar refractivity (Wildman–Crippen MR) is 78.3 cm³/mol. The lowest BCUT2D eigenvalue weighted by Crippen LogP contribution is -2.22. The summed E-state index contributed by atoms with van der Waals surface area (Å²) in [5.74, 6) is 0.141. The van der Waals surface area contributed by atoms with E-state index in [0.29, 0.717) is 29.4 Å². The molecule has 20 heavy (non-hydrogen) atoms. The fraction of sp³-hybridized carbons (Fsp3) is 0.400. The van der Waals surface area contributed by atoms with Crippen molar-refractivity contribution >= 4 is 22.3 Å². The number of nitrogens with zero attached hydrogens (tertiary/aromatic N) is 2. The van der Waals surface area contributed by atoms with E-state index in [2.05, 4.69) is 4.98 Å². The first-order chi connectivity index (χ1) is 9.70. The second-order valence-corrected chi connectivity index (χ2v) is 5.25. The van der Waals surface area contributed by atoms with Crippen molar-refractivity contribution in [3.05, 3.63) is 30.2 Å². The van der Waals surface area contributed by atoms with Crippen LogP contribution in [0.1, 0.15) is 6.42 Å². The molecule has 5 heteroatoms. The van der Waals surface area contributed by atoms with E-state index in [1.165, 1.54) is 6.07 Å². The third-order valence-corrected chi connectivity index (χ3v) is 3.86. The lowest BCUT2D eigenvalue weighted by Gasteiger charge is -2.21. The van der Waals surface area contributed by atoms with Gasteiger partial charge in [0, 0.05) is 43.4 Å². The van der Waals surface area contributed by atoms with Crippen molar-refractivity contribution in [2.75, 3.05) is 37.4 Å². The highest BCUT2D eigenvalue weighted by atomic mass is 19.1. The van der Waals surface area contributed by atoms with E-state index in [1.54, 1.807) is 13.3 Å². The van der Waals surface area contributed by atoms with Crippen LogP contribution < -0.4 is 10.6 Å². The molecule has 1 fully saturated rings. The van der Waals surface area contributed by atoms with Gasteiger partial charge in [-0.15, -0.1) is 0 Å². The van der Waals surface area contributed by atoms with E-state index >= 15 is 0 Å². The Morgan fingerprint density at radius 3 is 3.20 bits per heavy atom. The molecule has 1 aromatic heterocycles. The first kappa shape index (κ1) is 13.1. The van der Waals surface area contributed by atoms with Gasteiger partial charge in [-0.3, -0.25) is 4.98 Å². The molecule has 2 heterocycles. The van der Waals surface area contributed by atoms with Crippen molar-refractivity contribution in [1.82, 2.24) is 4.98 Å². The van der Waals surface area contributed by atoms with E-state index in [9.17, 15) is 4.39 Å². The Balaban J connectivity index is 2.04. The topological polar surface area (TPSA) is 51.4 Å². The lowest BCUT2D eigenvalue weighted by atomic mass is 10.1. The number of nitrogens with two attached hydrogens (primary N) is 1. The van der Waals surface area contributed by atoms with Gasteiger partial charge in [-0.2, -0.15) is 0 Å². The molecule has 0 spiro atoms. The van der Waals surface area contributed by atoms with E-state index in [-0.39, 0.29) is 5.82 Å². The van der Waals surface area contributed by atoms with Gasteiger partial charge in [0.1, 0.15) is 0 Å². The quantitative estimate of drug-likeness (QED) is 0.874. The van der Waals surface area contributed by atoms with Gasteiger partial charge in [-0.05, 0) is 24.6 Å². The number of anilines is 2. The van der Waals surface area contributed by atoms with Crippen molar-refractivity contribution < 1.29 is 9.13 Å². The Hall–Kier alpha value is -1.88. The smallest absolute Gasteiger partial charge is 0.150 e. The van der Waals surface area contributed by atoms with Gasteiger partial charge >= 0.3 is 0 Å². The molecule has 1 saturated heterocycles. The number of hydrogen-bond acceptors (Lipinski definition) is 4. The van der Waals surface area contributed by atoms with Crippen LogP contribution in [0.3, 0.4) is 0 Å². The molecular weight excluding hydrogens is 257 g/mol. The van der Waals surface area contributed by atoms with E-state index in [4.69, 9.17) is 10.5 Å². The Bertz CT molecular complexity index is 632. The van der Waals surface area contributed by atoms with Gasteiger partial charge in [0.2, 0.25) is 0 Å². The van der Waals surface area contributed by atoms with E-state index in [1.807, 2.05) is 17.0 Å². The Morgan fingerprint density at radius 2 is 2.40 bits per heavy atom. The van der Waals surface area contributed by atoms with Crippen molar-refractivity contribution in [1.29, 1.82) is 0 Å². The molecule has 1 aliphatic heterocycles. The molecule has 0 saturated carbocycles. The third-order valence-electron chi connectivity index (χ3n) is 3.86. The average Bonchev–Trinajstić information content (AvgIpc) is 2.88. The molecule has 2 aromatic rings. The first-order valence-corrected chi connectivity index (χ1v) is 6.77. The normalized spacial score (nSPS) is 18.9. The fourth-order valence-electron chi connectivity index (χ4n) is 2.93. The van der Waals surface area contributed by atoms with Crippen LogP contribution in [0.25, 0.3) is 10.9 Å². The molecule has 0 aliphatic carbocycles. The van der Waals surface area contributed by atoms with Crippen LogP contribution >= 0.6 is 0 Å². The highest BCUT2D eigenvalue weighted by molar-refractivity contribution is 5.99. The summed E-state index contributed by atoms with van der Waals surface area (Å²) < 4.78 is 19.5. The number of nitrogen functional groups attached to an aromatic ring is 1. The Kier molecular flexibility index (Phi) is 3.44. The molecule has 2 N–H and O–H groups in total. The predicted octanol–water partition coefficient (Wildman–Crippen LogP) is 2.43. The minimum absolute atomic E-state index is 0.299. The number of ether oxygens (including phenoxy) is 1. The summed E-state index contributed by atoms with van der Waals surface area (Å²) >= 11 is 0. The number of hydrogen-bond donors (Lipinski definition) is 1. The Labute approximate surface area is 117 Å².